The molecule has 1 saturated heterocycles. The zero-order valence-electron chi connectivity index (χ0n) is 11.7. The molecule has 19 heavy (non-hydrogen) atoms. The van der Waals surface area contributed by atoms with Gasteiger partial charge in [0.1, 0.15) is 6.04 Å². The summed E-state index contributed by atoms with van der Waals surface area (Å²) in [5.41, 5.74) is 0.257. The minimum absolute atomic E-state index is 0.168. The van der Waals surface area contributed by atoms with E-state index in [1.807, 2.05) is 39.0 Å². The van der Waals surface area contributed by atoms with E-state index in [1.54, 1.807) is 19.1 Å². The average Bonchev–Trinajstić information content (AvgIpc) is 2.66. The van der Waals surface area contributed by atoms with Gasteiger partial charge in [0.25, 0.3) is 5.91 Å². The van der Waals surface area contributed by atoms with Crippen molar-refractivity contribution in [2.24, 2.45) is 5.41 Å². The average molecular weight is 261 g/mol. The van der Waals surface area contributed by atoms with Gasteiger partial charge in [0.2, 0.25) is 0 Å². The number of nitrogens with zero attached hydrogens (tertiary/aromatic N) is 1. The van der Waals surface area contributed by atoms with Crippen molar-refractivity contribution in [3.63, 3.8) is 0 Å². The van der Waals surface area contributed by atoms with Gasteiger partial charge in [-0.25, -0.2) is 4.79 Å². The number of cyclic esters (lactones) is 1. The fourth-order valence-electron chi connectivity index (χ4n) is 2.19. The van der Waals surface area contributed by atoms with Crippen molar-refractivity contribution in [1.82, 2.24) is 4.90 Å². The molecule has 0 saturated carbocycles. The van der Waals surface area contributed by atoms with E-state index in [1.165, 1.54) is 4.90 Å². The number of amides is 1. The van der Waals surface area contributed by atoms with Crippen LogP contribution in [0.25, 0.3) is 0 Å². The molecule has 0 spiro atoms. The highest BCUT2D eigenvalue weighted by molar-refractivity contribution is 5.98. The number of hydrogen-bond acceptors (Lipinski definition) is 3. The minimum Gasteiger partial charge on any atom is -0.439 e. The zero-order chi connectivity index (χ0) is 14.2. The largest absolute Gasteiger partial charge is 0.439 e. The smallest absolute Gasteiger partial charge is 0.330 e. The van der Waals surface area contributed by atoms with Crippen LogP contribution in [0.2, 0.25) is 0 Å². The summed E-state index contributed by atoms with van der Waals surface area (Å²) < 4.78 is 5.36. The third kappa shape index (κ3) is 2.48. The second-order valence-corrected chi connectivity index (χ2v) is 5.91. The fourth-order valence-corrected chi connectivity index (χ4v) is 2.19. The lowest BCUT2D eigenvalue weighted by molar-refractivity contribution is -0.147. The number of hydrogen-bond donors (Lipinski definition) is 0. The first-order valence-corrected chi connectivity index (χ1v) is 6.40. The molecule has 0 N–H and O–H groups in total. The summed E-state index contributed by atoms with van der Waals surface area (Å²) in [7, 11) is 0. The molecule has 1 aliphatic rings. The molecule has 1 unspecified atom stereocenters. The second kappa shape index (κ2) is 4.68. The predicted molar refractivity (Wildman–Crippen MR) is 71.4 cm³/mol. The van der Waals surface area contributed by atoms with Crippen molar-refractivity contribution in [3.8, 4) is 0 Å². The monoisotopic (exact) mass is 261 g/mol. The first kappa shape index (κ1) is 13.6. The van der Waals surface area contributed by atoms with Crippen LogP contribution in [0.4, 0.5) is 0 Å². The van der Waals surface area contributed by atoms with E-state index in [0.717, 1.165) is 0 Å². The lowest BCUT2D eigenvalue weighted by atomic mass is 9.93. The number of ether oxygens (including phenoxy) is 1. The summed E-state index contributed by atoms with van der Waals surface area (Å²) in [5, 5.41) is 0. The topological polar surface area (TPSA) is 46.6 Å². The third-order valence-corrected chi connectivity index (χ3v) is 3.23. The molecule has 0 bridgehead atoms. The van der Waals surface area contributed by atoms with Crippen LogP contribution in [-0.4, -0.2) is 29.0 Å². The maximum absolute atomic E-state index is 12.6. The summed E-state index contributed by atoms with van der Waals surface area (Å²) in [4.78, 5) is 25.9. The van der Waals surface area contributed by atoms with E-state index < -0.39 is 12.3 Å². The van der Waals surface area contributed by atoms with Crippen molar-refractivity contribution in [3.05, 3.63) is 35.9 Å². The SMILES string of the molecule is CC1C(=O)O[C@H](C(C)(C)C)N1C(=O)c1ccccc1. The molecule has 1 aromatic rings. The molecule has 2 rings (SSSR count). The Morgan fingerprint density at radius 3 is 2.32 bits per heavy atom. The predicted octanol–water partition coefficient (Wildman–Crippen LogP) is 2.45. The van der Waals surface area contributed by atoms with E-state index in [0.29, 0.717) is 5.56 Å². The normalized spacial score (nSPS) is 23.4. The van der Waals surface area contributed by atoms with Crippen LogP contribution in [0.5, 0.6) is 0 Å². The van der Waals surface area contributed by atoms with Gasteiger partial charge in [-0.1, -0.05) is 39.0 Å². The van der Waals surface area contributed by atoms with Crippen LogP contribution in [0.3, 0.4) is 0 Å². The number of carbonyl (C=O) groups is 2. The van der Waals surface area contributed by atoms with Crippen molar-refractivity contribution in [2.75, 3.05) is 0 Å². The molecular weight excluding hydrogens is 242 g/mol. The van der Waals surface area contributed by atoms with E-state index in [2.05, 4.69) is 0 Å². The van der Waals surface area contributed by atoms with Gasteiger partial charge in [0, 0.05) is 11.0 Å². The Morgan fingerprint density at radius 2 is 1.79 bits per heavy atom. The maximum Gasteiger partial charge on any atom is 0.330 e. The summed E-state index contributed by atoms with van der Waals surface area (Å²) in [6, 6.07) is 8.42. The van der Waals surface area contributed by atoms with E-state index in [4.69, 9.17) is 4.74 Å². The van der Waals surface area contributed by atoms with Gasteiger partial charge < -0.3 is 4.74 Å². The van der Waals surface area contributed by atoms with Crippen molar-refractivity contribution in [1.29, 1.82) is 0 Å². The summed E-state index contributed by atoms with van der Waals surface area (Å²) in [6.45, 7) is 7.56. The van der Waals surface area contributed by atoms with Crippen LogP contribution in [-0.2, 0) is 9.53 Å². The van der Waals surface area contributed by atoms with E-state index >= 15 is 0 Å². The van der Waals surface area contributed by atoms with Crippen LogP contribution >= 0.6 is 0 Å². The van der Waals surface area contributed by atoms with Crippen LogP contribution in [0.15, 0.2) is 30.3 Å². The molecule has 4 heteroatoms. The fraction of sp³-hybridized carbons (Fsp3) is 0.467. The molecule has 0 aromatic heterocycles. The van der Waals surface area contributed by atoms with Crippen LogP contribution in [0, 0.1) is 5.41 Å². The van der Waals surface area contributed by atoms with Crippen LogP contribution in [0.1, 0.15) is 38.1 Å². The van der Waals surface area contributed by atoms with Crippen molar-refractivity contribution < 1.29 is 14.3 Å². The number of rotatable bonds is 1. The Hall–Kier alpha value is -1.84. The zero-order valence-corrected chi connectivity index (χ0v) is 11.7. The first-order valence-electron chi connectivity index (χ1n) is 6.40. The van der Waals surface area contributed by atoms with Gasteiger partial charge in [-0.2, -0.15) is 0 Å². The summed E-state index contributed by atoms with van der Waals surface area (Å²) >= 11 is 0. The van der Waals surface area contributed by atoms with Gasteiger partial charge >= 0.3 is 5.97 Å². The van der Waals surface area contributed by atoms with Gasteiger partial charge in [-0.05, 0) is 19.1 Å². The molecule has 0 aliphatic carbocycles. The van der Waals surface area contributed by atoms with Crippen LogP contribution < -0.4 is 0 Å². The van der Waals surface area contributed by atoms with Crippen molar-refractivity contribution in [2.45, 2.75) is 40.0 Å². The molecule has 1 aliphatic heterocycles. The molecule has 1 amide bonds. The lowest BCUT2D eigenvalue weighted by Crippen LogP contribution is -2.46. The minimum atomic E-state index is -0.545. The Kier molecular flexibility index (Phi) is 3.35. The highest BCUT2D eigenvalue weighted by Crippen LogP contribution is 2.33. The lowest BCUT2D eigenvalue weighted by Gasteiger charge is -2.33. The number of carbonyl (C=O) groups excluding carboxylic acids is 2. The molecule has 1 fully saturated rings. The third-order valence-electron chi connectivity index (χ3n) is 3.23. The molecule has 0 radical (unpaired) electrons. The second-order valence-electron chi connectivity index (χ2n) is 5.91. The van der Waals surface area contributed by atoms with Crippen molar-refractivity contribution >= 4 is 11.9 Å². The van der Waals surface area contributed by atoms with Gasteiger partial charge in [0.05, 0.1) is 0 Å². The quantitative estimate of drug-likeness (QED) is 0.729. The molecule has 2 atom stereocenters. The Balaban J connectivity index is 2.35. The Labute approximate surface area is 113 Å². The summed E-state index contributed by atoms with van der Waals surface area (Å²) in [6.07, 6.45) is -0.525. The van der Waals surface area contributed by atoms with Gasteiger partial charge in [-0.15, -0.1) is 0 Å². The maximum atomic E-state index is 12.6. The molecular formula is C15H19NO3. The highest BCUT2D eigenvalue weighted by Gasteiger charge is 2.47. The van der Waals surface area contributed by atoms with Gasteiger partial charge in [-0.3, -0.25) is 9.69 Å². The Bertz CT molecular complexity index is 490. The molecule has 1 heterocycles. The highest BCUT2D eigenvalue weighted by atomic mass is 16.6. The Morgan fingerprint density at radius 1 is 1.21 bits per heavy atom. The molecule has 1 aromatic carbocycles. The first-order chi connectivity index (χ1) is 8.82. The molecule has 4 nitrogen and oxygen atoms in total. The number of esters is 1. The molecule has 102 valence electrons. The van der Waals surface area contributed by atoms with E-state index in [9.17, 15) is 9.59 Å². The van der Waals surface area contributed by atoms with Gasteiger partial charge in [0.15, 0.2) is 6.23 Å². The number of benzene rings is 1. The standard InChI is InChI=1S/C15H19NO3/c1-10-13(18)19-14(15(2,3)4)16(10)12(17)11-8-6-5-7-9-11/h5-10,14H,1-4H3/t10?,14-/m1/s1. The van der Waals surface area contributed by atoms with E-state index in [-0.39, 0.29) is 17.3 Å². The summed E-state index contributed by atoms with van der Waals surface area (Å²) in [5.74, 6) is -0.511.